The zero-order chi connectivity index (χ0) is 6.57. The number of carbonyl (C=O) groups excluding carboxylic acids is 2. The van der Waals surface area contributed by atoms with Crippen LogP contribution in [0.2, 0.25) is 0 Å². The number of carboxylic acid groups (broad SMARTS) is 2. The van der Waals surface area contributed by atoms with Gasteiger partial charge >= 0.3 is 0 Å². The first-order valence-electron chi connectivity index (χ1n) is 1.73. The van der Waals surface area contributed by atoms with E-state index in [1.165, 1.54) is 0 Å². The zero-order valence-corrected chi connectivity index (χ0v) is 5.01. The highest BCUT2D eigenvalue weighted by atomic mass is 35.5. The van der Waals surface area contributed by atoms with Crippen molar-refractivity contribution in [1.82, 2.24) is 0 Å². The van der Waals surface area contributed by atoms with Gasteiger partial charge in [-0.1, -0.05) is 0 Å². The molecule has 0 rings (SSSR count). The van der Waals surface area contributed by atoms with Crippen molar-refractivity contribution in [2.24, 2.45) is 0 Å². The van der Waals surface area contributed by atoms with E-state index < -0.39 is 11.9 Å². The van der Waals surface area contributed by atoms with Crippen LogP contribution in [-0.4, -0.2) is 11.9 Å². The molecule has 0 aromatic rings. The number of halogens is 1. The van der Waals surface area contributed by atoms with Crippen molar-refractivity contribution in [2.75, 3.05) is 0 Å². The maximum Gasteiger partial charge on any atom is 0.0643 e. The van der Waals surface area contributed by atoms with Crippen LogP contribution in [0.1, 0.15) is 0 Å². The van der Waals surface area contributed by atoms with Crippen LogP contribution in [0.25, 0.3) is 0 Å². The first-order valence-corrected chi connectivity index (χ1v) is 1.73. The topological polar surface area (TPSA) is 80.3 Å². The fourth-order valence-electron chi connectivity index (χ4n) is 0.136. The third-order valence-corrected chi connectivity index (χ3v) is 0.355. The molecule has 0 unspecified atom stereocenters. The summed E-state index contributed by atoms with van der Waals surface area (Å²) in [5.41, 5.74) is 0. The molecule has 0 heterocycles. The van der Waals surface area contributed by atoms with E-state index in [4.69, 9.17) is 0 Å². The Morgan fingerprint density at radius 3 is 1.33 bits per heavy atom. The first-order chi connectivity index (χ1) is 3.63. The van der Waals surface area contributed by atoms with E-state index in [0.29, 0.717) is 12.2 Å². The molecule has 0 aliphatic rings. The van der Waals surface area contributed by atoms with E-state index in [1.54, 1.807) is 0 Å². The van der Waals surface area contributed by atoms with Gasteiger partial charge in [-0.15, -0.1) is 12.4 Å². The standard InChI is InChI=1S/C4H4O4.ClH/c5-3(6)1-2-4(7)8;/h1-2H,(H,5,6)(H,7,8);1H/p-2/b2-1+;. The highest BCUT2D eigenvalue weighted by Crippen LogP contribution is 1.64. The summed E-state index contributed by atoms with van der Waals surface area (Å²) >= 11 is 0. The first kappa shape index (κ1) is 10.9. The molecule has 0 saturated heterocycles. The molecule has 0 aliphatic heterocycles. The quantitative estimate of drug-likeness (QED) is 0.407. The minimum Gasteiger partial charge on any atom is -0.545 e. The summed E-state index contributed by atoms with van der Waals surface area (Å²) in [4.78, 5) is 18.8. The maximum atomic E-state index is 9.41. The Hall–Kier alpha value is -1.03. The largest absolute Gasteiger partial charge is 0.545 e. The van der Waals surface area contributed by atoms with Crippen molar-refractivity contribution in [3.8, 4) is 0 Å². The second-order valence-electron chi connectivity index (χ2n) is 0.971. The van der Waals surface area contributed by atoms with Crippen LogP contribution in [0.4, 0.5) is 0 Å². The van der Waals surface area contributed by atoms with Crippen LogP contribution < -0.4 is 10.2 Å². The number of hydrogen-bond donors (Lipinski definition) is 0. The van der Waals surface area contributed by atoms with Gasteiger partial charge in [0.25, 0.3) is 0 Å². The van der Waals surface area contributed by atoms with Crippen LogP contribution in [0.5, 0.6) is 0 Å². The summed E-state index contributed by atoms with van der Waals surface area (Å²) in [6.07, 6.45) is 0.769. The van der Waals surface area contributed by atoms with Crippen molar-refractivity contribution in [3.63, 3.8) is 0 Å². The lowest BCUT2D eigenvalue weighted by atomic mass is 10.5. The van der Waals surface area contributed by atoms with Crippen molar-refractivity contribution < 1.29 is 19.8 Å². The zero-order valence-electron chi connectivity index (χ0n) is 4.20. The van der Waals surface area contributed by atoms with Gasteiger partial charge in [-0.2, -0.15) is 0 Å². The van der Waals surface area contributed by atoms with E-state index in [1.807, 2.05) is 0 Å². The maximum absolute atomic E-state index is 9.41. The molecule has 0 atom stereocenters. The van der Waals surface area contributed by atoms with Crippen LogP contribution in [0, 0.1) is 0 Å². The highest BCUT2D eigenvalue weighted by Gasteiger charge is 1.70. The second kappa shape index (κ2) is 5.11. The lowest BCUT2D eigenvalue weighted by molar-refractivity contribution is -0.301. The van der Waals surface area contributed by atoms with E-state index in [0.717, 1.165) is 0 Å². The average molecular weight is 151 g/mol. The van der Waals surface area contributed by atoms with Crippen LogP contribution in [0.15, 0.2) is 12.2 Å². The van der Waals surface area contributed by atoms with Crippen molar-refractivity contribution in [3.05, 3.63) is 12.2 Å². The molecule has 0 aromatic carbocycles. The average Bonchev–Trinajstić information content (AvgIpc) is 1.61. The van der Waals surface area contributed by atoms with E-state index in [9.17, 15) is 19.8 Å². The van der Waals surface area contributed by atoms with E-state index in [2.05, 4.69) is 0 Å². The Morgan fingerprint density at radius 2 is 1.22 bits per heavy atom. The number of carboxylic acids is 2. The molecule has 0 saturated carbocycles. The smallest absolute Gasteiger partial charge is 0.0643 e. The van der Waals surface area contributed by atoms with E-state index >= 15 is 0 Å². The minimum absolute atomic E-state index is 0. The summed E-state index contributed by atoms with van der Waals surface area (Å²) in [5.74, 6) is -3.09. The Labute approximate surface area is 57.2 Å². The summed E-state index contributed by atoms with van der Waals surface area (Å²) in [7, 11) is 0. The molecule has 0 aliphatic carbocycles. The van der Waals surface area contributed by atoms with Gasteiger partial charge in [0.15, 0.2) is 0 Å². The van der Waals surface area contributed by atoms with Gasteiger partial charge in [-0.05, 0) is 12.2 Å². The summed E-state index contributed by atoms with van der Waals surface area (Å²) < 4.78 is 0. The molecule has 0 amide bonds. The Bertz CT molecular complexity index is 124. The lowest BCUT2D eigenvalue weighted by Crippen LogP contribution is -2.23. The Morgan fingerprint density at radius 1 is 1.00 bits per heavy atom. The van der Waals surface area contributed by atoms with Gasteiger partial charge < -0.3 is 19.8 Å². The number of aliphatic carboxylic acids is 2. The van der Waals surface area contributed by atoms with Crippen LogP contribution in [0.3, 0.4) is 0 Å². The number of rotatable bonds is 2. The van der Waals surface area contributed by atoms with Gasteiger partial charge in [0.1, 0.15) is 0 Å². The molecule has 4 nitrogen and oxygen atoms in total. The molecule has 52 valence electrons. The van der Waals surface area contributed by atoms with Gasteiger partial charge in [-0.25, -0.2) is 0 Å². The van der Waals surface area contributed by atoms with Gasteiger partial charge in [-0.3, -0.25) is 0 Å². The third kappa shape index (κ3) is 10.9. The number of carbonyl (C=O) groups is 2. The van der Waals surface area contributed by atoms with Crippen molar-refractivity contribution in [2.45, 2.75) is 0 Å². The fraction of sp³-hybridized carbons (Fsp3) is 0. The molecule has 0 radical (unpaired) electrons. The molecule has 0 fully saturated rings. The molecular formula is C4H3ClO4-2. The van der Waals surface area contributed by atoms with Crippen LogP contribution in [-0.2, 0) is 9.59 Å². The number of hydrogen-bond acceptors (Lipinski definition) is 4. The van der Waals surface area contributed by atoms with Crippen molar-refractivity contribution >= 4 is 24.3 Å². The minimum atomic E-state index is -1.55. The highest BCUT2D eigenvalue weighted by molar-refractivity contribution is 5.87. The summed E-state index contributed by atoms with van der Waals surface area (Å²) in [5, 5.41) is 18.8. The molecule has 0 N–H and O–H groups in total. The summed E-state index contributed by atoms with van der Waals surface area (Å²) in [6.45, 7) is 0. The molecule has 5 heteroatoms. The van der Waals surface area contributed by atoms with Gasteiger partial charge in [0, 0.05) is 0 Å². The van der Waals surface area contributed by atoms with E-state index in [-0.39, 0.29) is 12.4 Å². The van der Waals surface area contributed by atoms with Gasteiger partial charge in [0.05, 0.1) is 11.9 Å². The summed E-state index contributed by atoms with van der Waals surface area (Å²) in [6, 6.07) is 0. The third-order valence-electron chi connectivity index (χ3n) is 0.355. The van der Waals surface area contributed by atoms with Crippen LogP contribution >= 0.6 is 12.4 Å². The second-order valence-corrected chi connectivity index (χ2v) is 0.971. The molecule has 0 spiro atoms. The lowest BCUT2D eigenvalue weighted by Gasteiger charge is -1.90. The predicted octanol–water partition coefficient (Wildman–Crippen LogP) is -2.54. The van der Waals surface area contributed by atoms with Gasteiger partial charge in [0.2, 0.25) is 0 Å². The van der Waals surface area contributed by atoms with Crippen molar-refractivity contribution in [1.29, 1.82) is 0 Å². The normalized spacial score (nSPS) is 8.44. The molecular weight excluding hydrogens is 147 g/mol. The molecule has 0 bridgehead atoms. The predicted molar refractivity (Wildman–Crippen MR) is 26.4 cm³/mol. The molecule has 9 heavy (non-hydrogen) atoms. The fourth-order valence-corrected chi connectivity index (χ4v) is 0.136. The molecule has 0 aromatic heterocycles. The monoisotopic (exact) mass is 150 g/mol. The Balaban J connectivity index is 0. The SMILES string of the molecule is Cl.O=C([O-])/C=C/C(=O)[O-]. The Kier molecular flexibility index (Phi) is 6.17.